The molecule has 0 spiro atoms. The van der Waals surface area contributed by atoms with Crippen LogP contribution in [0.3, 0.4) is 0 Å². The number of nitrogens with two attached hydrogens (primary N) is 1. The number of rotatable bonds is 6. The Morgan fingerprint density at radius 3 is 2.56 bits per heavy atom. The number of fused-ring (bicyclic) bond motifs is 1. The lowest BCUT2D eigenvalue weighted by atomic mass is 10.0. The molecule has 2 rings (SSSR count). The molecule has 2 aromatic rings. The average Bonchev–Trinajstić information content (AvgIpc) is 2.53. The second-order valence-electron chi connectivity index (χ2n) is 6.28. The number of carbonyl (C=O) groups excluding carboxylic acids is 1. The van der Waals surface area contributed by atoms with Crippen LogP contribution in [0.25, 0.3) is 10.9 Å². The number of amides is 1. The van der Waals surface area contributed by atoms with E-state index in [-0.39, 0.29) is 29.9 Å². The molecule has 1 aromatic heterocycles. The Morgan fingerprint density at radius 1 is 1.32 bits per heavy atom. The van der Waals surface area contributed by atoms with Crippen LogP contribution in [-0.4, -0.2) is 28.0 Å². The Balaban J connectivity index is 0.00000312. The number of nitrogens with zero attached hydrogens (tertiary/aromatic N) is 1. The highest BCUT2D eigenvalue weighted by molar-refractivity contribution is 5.97. The minimum absolute atomic E-state index is 0. The van der Waals surface area contributed by atoms with Gasteiger partial charge in [-0.3, -0.25) is 14.2 Å². The molecule has 138 valence electrons. The van der Waals surface area contributed by atoms with Crippen LogP contribution in [0.1, 0.15) is 37.6 Å². The topological polar surface area (TPSA) is 110 Å². The Hall–Kier alpha value is -2.12. The van der Waals surface area contributed by atoms with Crippen molar-refractivity contribution in [2.45, 2.75) is 39.8 Å². The summed E-state index contributed by atoms with van der Waals surface area (Å²) in [5.41, 5.74) is 5.61. The number of hydrogen-bond donors (Lipinski definition) is 3. The van der Waals surface area contributed by atoms with Gasteiger partial charge in [0.15, 0.2) is 0 Å². The molecule has 0 radical (unpaired) electrons. The van der Waals surface area contributed by atoms with Crippen LogP contribution in [-0.2, 0) is 6.54 Å². The maximum Gasteiger partial charge on any atom is 0.328 e. The molecule has 1 heterocycles. The van der Waals surface area contributed by atoms with E-state index in [9.17, 15) is 14.4 Å². The maximum atomic E-state index is 12.4. The van der Waals surface area contributed by atoms with E-state index in [1.54, 1.807) is 19.1 Å². The quantitative estimate of drug-likeness (QED) is 0.712. The van der Waals surface area contributed by atoms with Crippen molar-refractivity contribution in [3.05, 3.63) is 44.6 Å². The normalized spacial score (nSPS) is 12.0. The third-order valence-electron chi connectivity index (χ3n) is 3.94. The van der Waals surface area contributed by atoms with Crippen LogP contribution in [0, 0.1) is 5.92 Å². The van der Waals surface area contributed by atoms with Crippen LogP contribution < -0.4 is 22.3 Å². The van der Waals surface area contributed by atoms with Gasteiger partial charge < -0.3 is 16.0 Å². The first kappa shape index (κ1) is 20.9. The van der Waals surface area contributed by atoms with Crippen molar-refractivity contribution < 1.29 is 4.79 Å². The molecule has 0 saturated heterocycles. The fourth-order valence-corrected chi connectivity index (χ4v) is 2.73. The van der Waals surface area contributed by atoms with E-state index in [0.717, 1.165) is 11.0 Å². The van der Waals surface area contributed by atoms with Crippen molar-refractivity contribution >= 4 is 29.2 Å². The molecular weight excluding hydrogens is 344 g/mol. The van der Waals surface area contributed by atoms with Crippen molar-refractivity contribution in [3.8, 4) is 0 Å². The molecular formula is C17H25ClN4O3. The second-order valence-corrected chi connectivity index (χ2v) is 6.28. The van der Waals surface area contributed by atoms with E-state index in [4.69, 9.17) is 5.73 Å². The molecule has 1 amide bonds. The van der Waals surface area contributed by atoms with E-state index in [0.29, 0.717) is 35.5 Å². The lowest BCUT2D eigenvalue weighted by Crippen LogP contribution is -2.41. The fourth-order valence-electron chi connectivity index (χ4n) is 2.73. The fraction of sp³-hybridized carbons (Fsp3) is 0.471. The van der Waals surface area contributed by atoms with E-state index >= 15 is 0 Å². The number of benzene rings is 1. The van der Waals surface area contributed by atoms with Gasteiger partial charge in [-0.25, -0.2) is 4.79 Å². The van der Waals surface area contributed by atoms with Gasteiger partial charge in [-0.2, -0.15) is 0 Å². The van der Waals surface area contributed by atoms with Gasteiger partial charge in [0.25, 0.3) is 11.5 Å². The predicted octanol–water partition coefficient (Wildman–Crippen LogP) is 1.23. The highest BCUT2D eigenvalue weighted by Crippen LogP contribution is 2.10. The monoisotopic (exact) mass is 368 g/mol. The van der Waals surface area contributed by atoms with Crippen molar-refractivity contribution in [3.63, 3.8) is 0 Å². The predicted molar refractivity (Wildman–Crippen MR) is 102 cm³/mol. The molecule has 0 fully saturated rings. The van der Waals surface area contributed by atoms with Gasteiger partial charge in [0.2, 0.25) is 0 Å². The summed E-state index contributed by atoms with van der Waals surface area (Å²) in [6.45, 7) is 6.50. The average molecular weight is 369 g/mol. The molecule has 4 N–H and O–H groups in total. The summed E-state index contributed by atoms with van der Waals surface area (Å²) in [4.78, 5) is 39.2. The zero-order chi connectivity index (χ0) is 17.9. The molecule has 0 aliphatic heterocycles. The van der Waals surface area contributed by atoms with Crippen molar-refractivity contribution in [1.29, 1.82) is 0 Å². The highest BCUT2D eigenvalue weighted by atomic mass is 35.5. The molecule has 0 aliphatic carbocycles. The number of aromatic nitrogens is 2. The molecule has 1 unspecified atom stereocenters. The number of halogens is 1. The van der Waals surface area contributed by atoms with Crippen LogP contribution in [0.5, 0.6) is 0 Å². The highest BCUT2D eigenvalue weighted by Gasteiger charge is 2.15. The molecule has 1 aromatic carbocycles. The molecule has 0 aliphatic rings. The van der Waals surface area contributed by atoms with E-state index in [1.807, 2.05) is 0 Å². The van der Waals surface area contributed by atoms with Gasteiger partial charge in [-0.05, 0) is 37.5 Å². The number of nitrogens with one attached hydrogen (secondary N) is 2. The summed E-state index contributed by atoms with van der Waals surface area (Å²) in [5, 5.41) is 3.27. The Kier molecular flexibility index (Phi) is 7.38. The molecule has 25 heavy (non-hydrogen) atoms. The number of H-pyrrole nitrogens is 1. The van der Waals surface area contributed by atoms with Gasteiger partial charge in [-0.15, -0.1) is 12.4 Å². The summed E-state index contributed by atoms with van der Waals surface area (Å²) in [6.07, 6.45) is 0.786. The lowest BCUT2D eigenvalue weighted by Gasteiger charge is -2.19. The van der Waals surface area contributed by atoms with E-state index < -0.39 is 5.69 Å². The molecule has 8 heteroatoms. The van der Waals surface area contributed by atoms with Crippen LogP contribution >= 0.6 is 12.4 Å². The minimum atomic E-state index is -0.479. The second kappa shape index (κ2) is 8.82. The maximum absolute atomic E-state index is 12.4. The van der Waals surface area contributed by atoms with E-state index in [2.05, 4.69) is 24.1 Å². The van der Waals surface area contributed by atoms with Gasteiger partial charge in [0, 0.05) is 24.7 Å². The Bertz CT molecular complexity index is 857. The summed E-state index contributed by atoms with van der Waals surface area (Å²) in [5.74, 6) is 0.146. The van der Waals surface area contributed by atoms with Crippen LogP contribution in [0.15, 0.2) is 27.8 Å². The van der Waals surface area contributed by atoms with Crippen LogP contribution in [0.4, 0.5) is 0 Å². The van der Waals surface area contributed by atoms with Gasteiger partial charge >= 0.3 is 5.69 Å². The Morgan fingerprint density at radius 2 is 2.00 bits per heavy atom. The number of hydrogen-bond acceptors (Lipinski definition) is 4. The first-order valence-electron chi connectivity index (χ1n) is 8.15. The SMILES string of the molecule is CCn1c(=O)[nH]c2cc(C(=O)NC(CN)CC(C)C)ccc2c1=O.Cl. The molecule has 0 bridgehead atoms. The van der Waals surface area contributed by atoms with E-state index in [1.165, 1.54) is 6.07 Å². The molecule has 0 saturated carbocycles. The van der Waals surface area contributed by atoms with Gasteiger partial charge in [0.05, 0.1) is 10.9 Å². The lowest BCUT2D eigenvalue weighted by molar-refractivity contribution is 0.0934. The van der Waals surface area contributed by atoms with Crippen molar-refractivity contribution in [2.75, 3.05) is 6.54 Å². The van der Waals surface area contributed by atoms with Gasteiger partial charge in [-0.1, -0.05) is 13.8 Å². The first-order chi connectivity index (χ1) is 11.4. The summed E-state index contributed by atoms with van der Waals surface area (Å²) >= 11 is 0. The number of carbonyl (C=O) groups is 1. The van der Waals surface area contributed by atoms with Crippen LogP contribution in [0.2, 0.25) is 0 Å². The largest absolute Gasteiger partial charge is 0.348 e. The van der Waals surface area contributed by atoms with Crippen molar-refractivity contribution in [2.24, 2.45) is 11.7 Å². The van der Waals surface area contributed by atoms with Crippen molar-refractivity contribution in [1.82, 2.24) is 14.9 Å². The summed E-state index contributed by atoms with van der Waals surface area (Å²) < 4.78 is 1.12. The first-order valence-corrected chi connectivity index (χ1v) is 8.15. The zero-order valence-electron chi connectivity index (χ0n) is 14.7. The van der Waals surface area contributed by atoms with Gasteiger partial charge in [0.1, 0.15) is 0 Å². The minimum Gasteiger partial charge on any atom is -0.348 e. The molecule has 7 nitrogen and oxygen atoms in total. The third-order valence-corrected chi connectivity index (χ3v) is 3.94. The third kappa shape index (κ3) is 4.70. The molecule has 1 atom stereocenters. The summed E-state index contributed by atoms with van der Waals surface area (Å²) in [6, 6.07) is 4.56. The Labute approximate surface area is 152 Å². The smallest absolute Gasteiger partial charge is 0.328 e. The summed E-state index contributed by atoms with van der Waals surface area (Å²) in [7, 11) is 0. The number of aromatic amines is 1. The standard InChI is InChI=1S/C17H24N4O3.ClH/c1-4-21-16(23)13-6-5-11(8-14(13)20-17(21)24)15(22)19-12(9-18)7-10(2)3;/h5-6,8,10,12H,4,7,9,18H2,1-3H3,(H,19,22)(H,20,24);1H. The zero-order valence-corrected chi connectivity index (χ0v) is 15.5.